The molecular weight excluding hydrogens is 407 g/mol. The number of alkyl halides is 3. The van der Waals surface area contributed by atoms with Crippen LogP contribution in [-0.4, -0.2) is 29.0 Å². The van der Waals surface area contributed by atoms with E-state index in [4.69, 9.17) is 0 Å². The van der Waals surface area contributed by atoms with Gasteiger partial charge in [0.2, 0.25) is 0 Å². The molecule has 5 nitrogen and oxygen atoms in total. The molecule has 0 spiro atoms. The molecule has 0 aliphatic heterocycles. The summed E-state index contributed by atoms with van der Waals surface area (Å²) in [4.78, 5) is 12.0. The molecule has 1 amide bonds. The van der Waals surface area contributed by atoms with Gasteiger partial charge in [0.25, 0.3) is 5.91 Å². The lowest BCUT2D eigenvalue weighted by atomic mass is 10.1. The number of aliphatic hydroxyl groups excluding tert-OH is 1. The van der Waals surface area contributed by atoms with E-state index in [-0.39, 0.29) is 17.9 Å². The van der Waals surface area contributed by atoms with Gasteiger partial charge < -0.3 is 20.3 Å². The molecule has 1 unspecified atom stereocenters. The second-order valence-corrected chi connectivity index (χ2v) is 5.92. The molecule has 0 fully saturated rings. The maximum absolute atomic E-state index is 12.1. The van der Waals surface area contributed by atoms with Crippen LogP contribution < -0.4 is 10.1 Å². The van der Waals surface area contributed by atoms with Gasteiger partial charge in [-0.3, -0.25) is 4.79 Å². The molecule has 0 heterocycles. The largest absolute Gasteiger partial charge is 0.573 e. The Kier molecular flexibility index (Phi) is 5.91. The molecule has 3 N–H and O–H groups in total. The van der Waals surface area contributed by atoms with E-state index in [0.29, 0.717) is 10.0 Å². The van der Waals surface area contributed by atoms with Crippen molar-refractivity contribution in [2.75, 3.05) is 6.54 Å². The molecular formula is C16H13BrF3NO4. The van der Waals surface area contributed by atoms with Crippen molar-refractivity contribution in [2.24, 2.45) is 0 Å². The van der Waals surface area contributed by atoms with E-state index >= 15 is 0 Å². The predicted molar refractivity (Wildman–Crippen MR) is 86.2 cm³/mol. The fourth-order valence-electron chi connectivity index (χ4n) is 1.98. The van der Waals surface area contributed by atoms with Gasteiger partial charge in [-0.25, -0.2) is 0 Å². The topological polar surface area (TPSA) is 78.8 Å². The molecule has 134 valence electrons. The van der Waals surface area contributed by atoms with Crippen molar-refractivity contribution in [3.05, 3.63) is 58.1 Å². The SMILES string of the molecule is O=C(NCC(O)c1ccc(OC(F)(F)F)cc1)c1cc(Br)ccc1O. The minimum atomic E-state index is -4.79. The zero-order chi connectivity index (χ0) is 18.6. The van der Waals surface area contributed by atoms with Crippen molar-refractivity contribution < 1.29 is 32.9 Å². The van der Waals surface area contributed by atoms with Gasteiger partial charge in [0.1, 0.15) is 11.5 Å². The summed E-state index contributed by atoms with van der Waals surface area (Å²) in [5.74, 6) is -1.23. The number of carbonyl (C=O) groups is 1. The third kappa shape index (κ3) is 5.64. The maximum Gasteiger partial charge on any atom is 0.573 e. The number of ether oxygens (including phenoxy) is 1. The summed E-state index contributed by atoms with van der Waals surface area (Å²) in [5, 5.41) is 22.1. The van der Waals surface area contributed by atoms with Crippen molar-refractivity contribution in [2.45, 2.75) is 12.5 Å². The molecule has 0 aliphatic rings. The summed E-state index contributed by atoms with van der Waals surface area (Å²) in [6, 6.07) is 8.96. The molecule has 9 heteroatoms. The molecule has 2 aromatic carbocycles. The molecule has 0 saturated carbocycles. The molecule has 1 atom stereocenters. The van der Waals surface area contributed by atoms with Crippen molar-refractivity contribution >= 4 is 21.8 Å². The van der Waals surface area contributed by atoms with Crippen LogP contribution >= 0.6 is 15.9 Å². The Morgan fingerprint density at radius 3 is 2.44 bits per heavy atom. The van der Waals surface area contributed by atoms with E-state index in [1.807, 2.05) is 0 Å². The molecule has 2 aromatic rings. The number of hydrogen-bond donors (Lipinski definition) is 3. The lowest BCUT2D eigenvalue weighted by Gasteiger charge is -2.14. The average molecular weight is 420 g/mol. The zero-order valence-corrected chi connectivity index (χ0v) is 14.1. The Labute approximate surface area is 149 Å². The second-order valence-electron chi connectivity index (χ2n) is 5.00. The predicted octanol–water partition coefficient (Wildman–Crippen LogP) is 3.52. The van der Waals surface area contributed by atoms with E-state index in [1.54, 1.807) is 6.07 Å². The zero-order valence-electron chi connectivity index (χ0n) is 12.5. The quantitative estimate of drug-likeness (QED) is 0.692. The van der Waals surface area contributed by atoms with Crippen LogP contribution in [0.5, 0.6) is 11.5 Å². The highest BCUT2D eigenvalue weighted by Crippen LogP contribution is 2.25. The third-order valence-corrected chi connectivity index (χ3v) is 3.65. The smallest absolute Gasteiger partial charge is 0.507 e. The van der Waals surface area contributed by atoms with Gasteiger partial charge in [-0.2, -0.15) is 0 Å². The van der Waals surface area contributed by atoms with Gasteiger partial charge in [-0.15, -0.1) is 13.2 Å². The summed E-state index contributed by atoms with van der Waals surface area (Å²) >= 11 is 3.18. The van der Waals surface area contributed by atoms with E-state index in [9.17, 15) is 28.2 Å². The summed E-state index contributed by atoms with van der Waals surface area (Å²) in [7, 11) is 0. The minimum Gasteiger partial charge on any atom is -0.507 e. The second kappa shape index (κ2) is 7.75. The van der Waals surface area contributed by atoms with Gasteiger partial charge in [0, 0.05) is 11.0 Å². The number of nitrogens with one attached hydrogen (secondary N) is 1. The van der Waals surface area contributed by atoms with Crippen LogP contribution in [0.15, 0.2) is 46.9 Å². The number of aliphatic hydroxyl groups is 1. The van der Waals surface area contributed by atoms with E-state index < -0.39 is 24.1 Å². The first-order valence-corrected chi connectivity index (χ1v) is 7.75. The van der Waals surface area contributed by atoms with Crippen LogP contribution in [0.2, 0.25) is 0 Å². The van der Waals surface area contributed by atoms with Crippen LogP contribution in [0, 0.1) is 0 Å². The average Bonchev–Trinajstić information content (AvgIpc) is 2.53. The van der Waals surface area contributed by atoms with Crippen LogP contribution in [-0.2, 0) is 0 Å². The Hall–Kier alpha value is -2.26. The first kappa shape index (κ1) is 19.1. The Balaban J connectivity index is 1.96. The third-order valence-electron chi connectivity index (χ3n) is 3.16. The number of hydrogen-bond acceptors (Lipinski definition) is 4. The molecule has 0 saturated heterocycles. The van der Waals surface area contributed by atoms with Gasteiger partial charge in [0.05, 0.1) is 11.7 Å². The molecule has 0 radical (unpaired) electrons. The number of halogens is 4. The molecule has 0 aromatic heterocycles. The highest BCUT2D eigenvalue weighted by atomic mass is 79.9. The number of phenols is 1. The Morgan fingerprint density at radius 2 is 1.84 bits per heavy atom. The number of benzene rings is 2. The summed E-state index contributed by atoms with van der Waals surface area (Å²) in [5.41, 5.74) is 0.323. The number of aromatic hydroxyl groups is 1. The lowest BCUT2D eigenvalue weighted by Crippen LogP contribution is -2.28. The summed E-state index contributed by atoms with van der Waals surface area (Å²) < 4.78 is 40.6. The molecule has 0 bridgehead atoms. The Bertz CT molecular complexity index is 750. The van der Waals surface area contributed by atoms with Crippen molar-refractivity contribution in [1.29, 1.82) is 0 Å². The highest BCUT2D eigenvalue weighted by molar-refractivity contribution is 9.10. The summed E-state index contributed by atoms with van der Waals surface area (Å²) in [6.45, 7) is -0.190. The monoisotopic (exact) mass is 419 g/mol. The van der Waals surface area contributed by atoms with Crippen LogP contribution in [0.1, 0.15) is 22.0 Å². The normalized spacial score (nSPS) is 12.5. The fraction of sp³-hybridized carbons (Fsp3) is 0.188. The van der Waals surface area contributed by atoms with Gasteiger partial charge in [-0.1, -0.05) is 28.1 Å². The fourth-order valence-corrected chi connectivity index (χ4v) is 2.35. The molecule has 2 rings (SSSR count). The van der Waals surface area contributed by atoms with E-state index in [1.165, 1.54) is 24.3 Å². The van der Waals surface area contributed by atoms with Crippen LogP contribution in [0.25, 0.3) is 0 Å². The number of amides is 1. The van der Waals surface area contributed by atoms with E-state index in [0.717, 1.165) is 12.1 Å². The minimum absolute atomic E-state index is 0.0236. The van der Waals surface area contributed by atoms with Crippen molar-refractivity contribution in [3.63, 3.8) is 0 Å². The van der Waals surface area contributed by atoms with Crippen molar-refractivity contribution in [1.82, 2.24) is 5.32 Å². The van der Waals surface area contributed by atoms with Gasteiger partial charge in [-0.05, 0) is 35.9 Å². The number of carbonyl (C=O) groups excluding carboxylic acids is 1. The number of rotatable bonds is 5. The molecule has 0 aliphatic carbocycles. The van der Waals surface area contributed by atoms with Gasteiger partial charge in [0.15, 0.2) is 0 Å². The standard InChI is InChI=1S/C16H13BrF3NO4/c17-10-3-6-13(22)12(7-10)15(24)21-8-14(23)9-1-4-11(5-2-9)25-16(18,19)20/h1-7,14,22-23H,8H2,(H,21,24). The lowest BCUT2D eigenvalue weighted by molar-refractivity contribution is -0.274. The first-order chi connectivity index (χ1) is 11.7. The van der Waals surface area contributed by atoms with E-state index in [2.05, 4.69) is 26.0 Å². The molecule has 25 heavy (non-hydrogen) atoms. The summed E-state index contributed by atoms with van der Waals surface area (Å²) in [6.07, 6.45) is -5.93. The first-order valence-electron chi connectivity index (χ1n) is 6.96. The highest BCUT2D eigenvalue weighted by Gasteiger charge is 2.31. The van der Waals surface area contributed by atoms with Crippen molar-refractivity contribution in [3.8, 4) is 11.5 Å². The van der Waals surface area contributed by atoms with Crippen LogP contribution in [0.3, 0.4) is 0 Å². The maximum atomic E-state index is 12.1. The van der Waals surface area contributed by atoms with Crippen LogP contribution in [0.4, 0.5) is 13.2 Å². The van der Waals surface area contributed by atoms with Gasteiger partial charge >= 0.3 is 6.36 Å². The Morgan fingerprint density at radius 1 is 1.20 bits per heavy atom. The number of phenolic OH excluding ortho intramolecular Hbond substituents is 1.